The van der Waals surface area contributed by atoms with E-state index in [4.69, 9.17) is 27.9 Å². The fourth-order valence-corrected chi connectivity index (χ4v) is 4.38. The number of halogens is 2. The Hall–Kier alpha value is -3.08. The lowest BCUT2D eigenvalue weighted by Gasteiger charge is -2.14. The van der Waals surface area contributed by atoms with Crippen molar-refractivity contribution in [1.29, 1.82) is 0 Å². The predicted octanol–water partition coefficient (Wildman–Crippen LogP) is 4.91. The van der Waals surface area contributed by atoms with Crippen molar-refractivity contribution in [3.63, 3.8) is 0 Å². The first kappa shape index (κ1) is 27.5. The zero-order chi connectivity index (χ0) is 26.2. The Bertz CT molecular complexity index is 1270. The molecule has 3 rings (SSSR count). The molecule has 1 aromatic heterocycles. The third-order valence-electron chi connectivity index (χ3n) is 4.93. The molecular weight excluding hydrogens is 525 g/mol. The zero-order valence-corrected chi connectivity index (χ0v) is 22.2. The molecule has 0 saturated carbocycles. The molecule has 190 valence electrons. The van der Waals surface area contributed by atoms with Crippen LogP contribution in [0.15, 0.2) is 47.6 Å². The standard InChI is InChI=1S/C24H25Cl2N5O4S/c1-4-10-35-23(34)15-6-5-7-17(11-15)28-20(32)13-36-24-30-29-21(31(24)3)14(2)27-22(33)18-9-8-16(25)12-19(18)26/h5-9,11-12,14H,4,10,13H2,1-3H3,(H,27,33)(H,28,32)/t14-/m1/s1. The van der Waals surface area contributed by atoms with Crippen LogP contribution in [0.4, 0.5) is 5.69 Å². The first-order valence-corrected chi connectivity index (χ1v) is 12.8. The Labute approximate surface area is 222 Å². The maximum absolute atomic E-state index is 12.6. The van der Waals surface area contributed by atoms with E-state index in [0.29, 0.717) is 39.4 Å². The number of nitrogens with zero attached hydrogens (tertiary/aromatic N) is 3. The molecule has 0 radical (unpaired) electrons. The fraction of sp³-hybridized carbons (Fsp3) is 0.292. The summed E-state index contributed by atoms with van der Waals surface area (Å²) < 4.78 is 6.83. The van der Waals surface area contributed by atoms with Gasteiger partial charge in [0.2, 0.25) is 5.91 Å². The van der Waals surface area contributed by atoms with Crippen LogP contribution in [0.25, 0.3) is 0 Å². The molecule has 0 spiro atoms. The Morgan fingerprint density at radius 3 is 2.64 bits per heavy atom. The van der Waals surface area contributed by atoms with Crippen molar-refractivity contribution in [2.75, 3.05) is 17.7 Å². The first-order valence-electron chi connectivity index (χ1n) is 11.0. The Balaban J connectivity index is 1.57. The summed E-state index contributed by atoms with van der Waals surface area (Å²) in [5, 5.41) is 15.1. The van der Waals surface area contributed by atoms with Crippen molar-refractivity contribution < 1.29 is 19.1 Å². The van der Waals surface area contributed by atoms with E-state index in [0.717, 1.165) is 6.42 Å². The van der Waals surface area contributed by atoms with Gasteiger partial charge in [-0.2, -0.15) is 0 Å². The van der Waals surface area contributed by atoms with E-state index in [9.17, 15) is 14.4 Å². The molecule has 36 heavy (non-hydrogen) atoms. The van der Waals surface area contributed by atoms with Crippen molar-refractivity contribution >= 4 is 58.4 Å². The molecule has 0 aliphatic rings. The van der Waals surface area contributed by atoms with Gasteiger partial charge in [-0.3, -0.25) is 9.59 Å². The van der Waals surface area contributed by atoms with E-state index in [1.807, 2.05) is 6.92 Å². The molecule has 2 amide bonds. The van der Waals surface area contributed by atoms with Crippen molar-refractivity contribution in [1.82, 2.24) is 20.1 Å². The average Bonchev–Trinajstić information content (AvgIpc) is 3.21. The number of benzene rings is 2. The highest BCUT2D eigenvalue weighted by Gasteiger charge is 2.20. The minimum atomic E-state index is -0.472. The van der Waals surface area contributed by atoms with E-state index in [2.05, 4.69) is 20.8 Å². The van der Waals surface area contributed by atoms with Gasteiger partial charge in [0.1, 0.15) is 0 Å². The Morgan fingerprint density at radius 2 is 1.92 bits per heavy atom. The van der Waals surface area contributed by atoms with Gasteiger partial charge in [0.05, 0.1) is 34.6 Å². The Morgan fingerprint density at radius 1 is 1.14 bits per heavy atom. The second-order valence-corrected chi connectivity index (χ2v) is 9.56. The molecule has 1 atom stereocenters. The SMILES string of the molecule is CCCOC(=O)c1cccc(NC(=O)CSc2nnc([C@@H](C)NC(=O)c3ccc(Cl)cc3Cl)n2C)c1. The minimum Gasteiger partial charge on any atom is -0.462 e. The third-order valence-corrected chi connectivity index (χ3v) is 6.50. The van der Waals surface area contributed by atoms with Gasteiger partial charge in [-0.05, 0) is 49.7 Å². The lowest BCUT2D eigenvalue weighted by atomic mass is 10.2. The smallest absolute Gasteiger partial charge is 0.338 e. The van der Waals surface area contributed by atoms with Gasteiger partial charge in [0, 0.05) is 17.8 Å². The summed E-state index contributed by atoms with van der Waals surface area (Å²) in [4.78, 5) is 37.1. The van der Waals surface area contributed by atoms with Crippen LogP contribution in [-0.2, 0) is 16.6 Å². The maximum Gasteiger partial charge on any atom is 0.338 e. The largest absolute Gasteiger partial charge is 0.462 e. The van der Waals surface area contributed by atoms with Crippen molar-refractivity contribution in [2.45, 2.75) is 31.5 Å². The van der Waals surface area contributed by atoms with Gasteiger partial charge in [-0.15, -0.1) is 10.2 Å². The number of carbonyl (C=O) groups excluding carboxylic acids is 3. The van der Waals surface area contributed by atoms with Crippen molar-refractivity contribution in [3.05, 3.63) is 69.5 Å². The average molecular weight is 550 g/mol. The number of anilines is 1. The molecule has 9 nitrogen and oxygen atoms in total. The summed E-state index contributed by atoms with van der Waals surface area (Å²) in [7, 11) is 1.75. The summed E-state index contributed by atoms with van der Waals surface area (Å²) in [6.45, 7) is 4.02. The van der Waals surface area contributed by atoms with Crippen LogP contribution in [0.2, 0.25) is 10.0 Å². The third kappa shape index (κ3) is 7.22. The van der Waals surface area contributed by atoms with E-state index in [1.165, 1.54) is 17.8 Å². The van der Waals surface area contributed by atoms with Gasteiger partial charge >= 0.3 is 5.97 Å². The number of carbonyl (C=O) groups is 3. The fourth-order valence-electron chi connectivity index (χ4n) is 3.17. The second kappa shape index (κ2) is 12.8. The van der Waals surface area contributed by atoms with Crippen LogP contribution in [0.1, 0.15) is 52.9 Å². The highest BCUT2D eigenvalue weighted by molar-refractivity contribution is 7.99. The topological polar surface area (TPSA) is 115 Å². The maximum atomic E-state index is 12.6. The Kier molecular flexibility index (Phi) is 9.74. The van der Waals surface area contributed by atoms with Crippen LogP contribution < -0.4 is 10.6 Å². The van der Waals surface area contributed by atoms with Crippen LogP contribution in [0.5, 0.6) is 0 Å². The monoisotopic (exact) mass is 549 g/mol. The number of hydrogen-bond acceptors (Lipinski definition) is 7. The molecule has 3 aromatic rings. The highest BCUT2D eigenvalue weighted by atomic mass is 35.5. The van der Waals surface area contributed by atoms with Gasteiger partial charge in [0.25, 0.3) is 5.91 Å². The van der Waals surface area contributed by atoms with Gasteiger partial charge in [-0.25, -0.2) is 4.79 Å². The van der Waals surface area contributed by atoms with E-state index >= 15 is 0 Å². The number of thioether (sulfide) groups is 1. The number of rotatable bonds is 10. The minimum absolute atomic E-state index is 0.0671. The van der Waals surface area contributed by atoms with E-state index < -0.39 is 12.0 Å². The molecular formula is C24H25Cl2N5O4S. The van der Waals surface area contributed by atoms with Crippen LogP contribution in [0, 0.1) is 0 Å². The van der Waals surface area contributed by atoms with Crippen LogP contribution >= 0.6 is 35.0 Å². The van der Waals surface area contributed by atoms with Gasteiger partial charge < -0.3 is 19.9 Å². The number of amides is 2. The predicted molar refractivity (Wildman–Crippen MR) is 140 cm³/mol. The highest BCUT2D eigenvalue weighted by Crippen LogP contribution is 2.23. The first-order chi connectivity index (χ1) is 17.2. The summed E-state index contributed by atoms with van der Waals surface area (Å²) in [5.41, 5.74) is 1.15. The lowest BCUT2D eigenvalue weighted by Crippen LogP contribution is -2.28. The van der Waals surface area contributed by atoms with Crippen molar-refractivity contribution in [3.8, 4) is 0 Å². The summed E-state index contributed by atoms with van der Waals surface area (Å²) in [6.07, 6.45) is 0.727. The molecule has 0 aliphatic heterocycles. The van der Waals surface area contributed by atoms with E-state index in [1.54, 1.807) is 54.9 Å². The summed E-state index contributed by atoms with van der Waals surface area (Å²) >= 11 is 13.2. The number of ether oxygens (including phenoxy) is 1. The van der Waals surface area contributed by atoms with Gasteiger partial charge in [-0.1, -0.05) is 48.0 Å². The normalized spacial score (nSPS) is 11.6. The lowest BCUT2D eigenvalue weighted by molar-refractivity contribution is -0.113. The van der Waals surface area contributed by atoms with Crippen molar-refractivity contribution in [2.24, 2.45) is 7.05 Å². The number of aromatic nitrogens is 3. The summed E-state index contributed by atoms with van der Waals surface area (Å²) in [5.74, 6) is -0.510. The molecule has 0 aliphatic carbocycles. The molecule has 12 heteroatoms. The summed E-state index contributed by atoms with van der Waals surface area (Å²) in [6, 6.07) is 10.7. The molecule has 0 bridgehead atoms. The van der Waals surface area contributed by atoms with Crippen LogP contribution in [0.3, 0.4) is 0 Å². The quantitative estimate of drug-likeness (QED) is 0.272. The van der Waals surface area contributed by atoms with E-state index in [-0.39, 0.29) is 22.6 Å². The number of hydrogen-bond donors (Lipinski definition) is 2. The van der Waals surface area contributed by atoms with Gasteiger partial charge in [0.15, 0.2) is 11.0 Å². The number of nitrogens with one attached hydrogen (secondary N) is 2. The molecule has 0 saturated heterocycles. The molecule has 2 aromatic carbocycles. The second-order valence-electron chi connectivity index (χ2n) is 7.77. The molecule has 0 unspecified atom stereocenters. The molecule has 1 heterocycles. The molecule has 0 fully saturated rings. The zero-order valence-electron chi connectivity index (χ0n) is 19.9. The number of esters is 1. The molecule has 2 N–H and O–H groups in total. The van der Waals surface area contributed by atoms with Crippen LogP contribution in [-0.4, -0.2) is 44.9 Å².